The lowest BCUT2D eigenvalue weighted by Gasteiger charge is -2.11. The lowest BCUT2D eigenvalue weighted by molar-refractivity contribution is 0.0934. The number of aromatic nitrogens is 5. The van der Waals surface area contributed by atoms with Gasteiger partial charge in [-0.1, -0.05) is 0 Å². The van der Waals surface area contributed by atoms with Crippen LogP contribution in [0.25, 0.3) is 10.9 Å². The standard InChI is InChI=1S/C13H15N7O/c1-7(12-19-15-6-20(12)2)16-13(21)11-9-5-8(14)3-4-10(9)17-18-11/h3-7H,14H2,1-2H3,(H,16,21)(H,17,18). The van der Waals surface area contributed by atoms with Crippen LogP contribution in [-0.2, 0) is 7.05 Å². The Bertz CT molecular complexity index is 804. The number of carbonyl (C=O) groups excluding carboxylic acids is 1. The smallest absolute Gasteiger partial charge is 0.273 e. The highest BCUT2D eigenvalue weighted by molar-refractivity contribution is 6.05. The van der Waals surface area contributed by atoms with E-state index in [1.54, 1.807) is 29.1 Å². The topological polar surface area (TPSA) is 115 Å². The first-order chi connectivity index (χ1) is 10.1. The summed E-state index contributed by atoms with van der Waals surface area (Å²) in [4.78, 5) is 12.4. The number of nitrogen functional groups attached to an aromatic ring is 1. The van der Waals surface area contributed by atoms with Crippen molar-refractivity contribution >= 4 is 22.5 Å². The number of benzene rings is 1. The van der Waals surface area contributed by atoms with E-state index in [0.717, 1.165) is 5.52 Å². The highest BCUT2D eigenvalue weighted by atomic mass is 16.2. The largest absolute Gasteiger partial charge is 0.399 e. The lowest BCUT2D eigenvalue weighted by atomic mass is 10.1. The molecule has 0 radical (unpaired) electrons. The zero-order valence-electron chi connectivity index (χ0n) is 11.7. The molecular weight excluding hydrogens is 270 g/mol. The fourth-order valence-corrected chi connectivity index (χ4v) is 2.22. The number of nitrogens with one attached hydrogen (secondary N) is 2. The summed E-state index contributed by atoms with van der Waals surface area (Å²) in [6, 6.07) is 4.99. The van der Waals surface area contributed by atoms with E-state index in [2.05, 4.69) is 25.7 Å². The summed E-state index contributed by atoms with van der Waals surface area (Å²) in [5.41, 5.74) is 7.41. The molecule has 1 atom stereocenters. The molecule has 0 saturated carbocycles. The first-order valence-corrected chi connectivity index (χ1v) is 6.44. The van der Waals surface area contributed by atoms with Gasteiger partial charge >= 0.3 is 0 Å². The van der Waals surface area contributed by atoms with Crippen LogP contribution in [0.3, 0.4) is 0 Å². The van der Waals surface area contributed by atoms with E-state index in [0.29, 0.717) is 22.6 Å². The molecule has 4 N–H and O–H groups in total. The van der Waals surface area contributed by atoms with E-state index >= 15 is 0 Å². The van der Waals surface area contributed by atoms with E-state index in [1.165, 1.54) is 0 Å². The number of hydrogen-bond acceptors (Lipinski definition) is 5. The second-order valence-corrected chi connectivity index (χ2v) is 4.87. The number of fused-ring (bicyclic) bond motifs is 1. The Morgan fingerprint density at radius 2 is 2.29 bits per heavy atom. The number of rotatable bonds is 3. The van der Waals surface area contributed by atoms with Crippen LogP contribution in [0, 0.1) is 0 Å². The van der Waals surface area contributed by atoms with Crippen LogP contribution >= 0.6 is 0 Å². The maximum atomic E-state index is 12.4. The number of nitrogens with two attached hydrogens (primary N) is 1. The number of carbonyl (C=O) groups is 1. The van der Waals surface area contributed by atoms with Gasteiger partial charge in [-0.15, -0.1) is 10.2 Å². The molecule has 8 heteroatoms. The highest BCUT2D eigenvalue weighted by Crippen LogP contribution is 2.19. The molecule has 108 valence electrons. The molecule has 2 heterocycles. The maximum absolute atomic E-state index is 12.4. The lowest BCUT2D eigenvalue weighted by Crippen LogP contribution is -2.28. The molecule has 1 unspecified atom stereocenters. The zero-order valence-corrected chi connectivity index (χ0v) is 11.7. The van der Waals surface area contributed by atoms with Crippen molar-refractivity contribution in [3.8, 4) is 0 Å². The van der Waals surface area contributed by atoms with Gasteiger partial charge in [0, 0.05) is 18.1 Å². The molecule has 21 heavy (non-hydrogen) atoms. The van der Waals surface area contributed by atoms with Crippen molar-refractivity contribution in [1.82, 2.24) is 30.3 Å². The number of aryl methyl sites for hydroxylation is 1. The predicted molar refractivity (Wildman–Crippen MR) is 77.4 cm³/mol. The van der Waals surface area contributed by atoms with Crippen LogP contribution in [0.5, 0.6) is 0 Å². The zero-order chi connectivity index (χ0) is 15.0. The molecule has 8 nitrogen and oxygen atoms in total. The third-order valence-electron chi connectivity index (χ3n) is 3.28. The van der Waals surface area contributed by atoms with Crippen molar-refractivity contribution in [2.75, 3.05) is 5.73 Å². The molecule has 3 aromatic rings. The molecular formula is C13H15N7O. The summed E-state index contributed by atoms with van der Waals surface area (Å²) >= 11 is 0. The van der Waals surface area contributed by atoms with E-state index in [4.69, 9.17) is 5.73 Å². The minimum atomic E-state index is -0.289. The van der Waals surface area contributed by atoms with Gasteiger partial charge in [-0.3, -0.25) is 9.89 Å². The predicted octanol–water partition coefficient (Wildman–Crippen LogP) is 0.765. The SMILES string of the molecule is CC(NC(=O)c1n[nH]c2ccc(N)cc12)c1nncn1C. The summed E-state index contributed by atoms with van der Waals surface area (Å²) in [7, 11) is 1.82. The van der Waals surface area contributed by atoms with Gasteiger partial charge in [-0.05, 0) is 25.1 Å². The van der Waals surface area contributed by atoms with Gasteiger partial charge in [0.2, 0.25) is 0 Å². The second kappa shape index (κ2) is 4.89. The summed E-state index contributed by atoms with van der Waals surface area (Å²) in [6.07, 6.45) is 1.59. The molecule has 1 amide bonds. The molecule has 0 aliphatic heterocycles. The normalized spacial score (nSPS) is 12.5. The highest BCUT2D eigenvalue weighted by Gasteiger charge is 2.19. The van der Waals surface area contributed by atoms with Crippen LogP contribution in [0.2, 0.25) is 0 Å². The Hall–Kier alpha value is -2.90. The molecule has 0 bridgehead atoms. The van der Waals surface area contributed by atoms with Crippen molar-refractivity contribution in [1.29, 1.82) is 0 Å². The van der Waals surface area contributed by atoms with Crippen LogP contribution < -0.4 is 11.1 Å². The summed E-state index contributed by atoms with van der Waals surface area (Å²) in [5, 5.41) is 18.2. The quantitative estimate of drug-likeness (QED) is 0.615. The maximum Gasteiger partial charge on any atom is 0.273 e. The molecule has 1 aromatic carbocycles. The average molecular weight is 285 g/mol. The van der Waals surface area contributed by atoms with Gasteiger partial charge < -0.3 is 15.6 Å². The molecule has 2 aromatic heterocycles. The fraction of sp³-hybridized carbons (Fsp3) is 0.231. The first kappa shape index (κ1) is 13.1. The Kier molecular flexibility index (Phi) is 3.05. The van der Waals surface area contributed by atoms with Gasteiger partial charge in [0.15, 0.2) is 11.5 Å². The van der Waals surface area contributed by atoms with Crippen LogP contribution in [-0.4, -0.2) is 30.9 Å². The number of hydrogen-bond donors (Lipinski definition) is 3. The molecule has 0 fully saturated rings. The second-order valence-electron chi connectivity index (χ2n) is 4.87. The average Bonchev–Trinajstić information content (AvgIpc) is 3.04. The van der Waals surface area contributed by atoms with E-state index in [1.807, 2.05) is 14.0 Å². The molecule has 0 saturated heterocycles. The van der Waals surface area contributed by atoms with Crippen molar-refractivity contribution in [3.63, 3.8) is 0 Å². The van der Waals surface area contributed by atoms with E-state index in [-0.39, 0.29) is 11.9 Å². The van der Waals surface area contributed by atoms with Crippen LogP contribution in [0.15, 0.2) is 24.5 Å². The number of H-pyrrole nitrogens is 1. The fourth-order valence-electron chi connectivity index (χ4n) is 2.22. The van der Waals surface area contributed by atoms with Gasteiger partial charge in [-0.25, -0.2) is 0 Å². The summed E-state index contributed by atoms with van der Waals surface area (Å²) in [5.74, 6) is 0.380. The molecule has 0 spiro atoms. The number of anilines is 1. The minimum Gasteiger partial charge on any atom is -0.399 e. The number of aromatic amines is 1. The molecule has 0 aliphatic rings. The summed E-state index contributed by atoms with van der Waals surface area (Å²) < 4.78 is 1.76. The Balaban J connectivity index is 1.87. The minimum absolute atomic E-state index is 0.280. The van der Waals surface area contributed by atoms with Crippen molar-refractivity contribution in [2.45, 2.75) is 13.0 Å². The van der Waals surface area contributed by atoms with Gasteiger partial charge in [-0.2, -0.15) is 5.10 Å². The molecule has 0 aliphatic carbocycles. The number of amides is 1. The Labute approximate surface area is 120 Å². The first-order valence-electron chi connectivity index (χ1n) is 6.44. The third-order valence-corrected chi connectivity index (χ3v) is 3.28. The monoisotopic (exact) mass is 285 g/mol. The van der Waals surface area contributed by atoms with Crippen LogP contribution in [0.1, 0.15) is 29.3 Å². The van der Waals surface area contributed by atoms with Gasteiger partial charge in [0.05, 0.1) is 11.6 Å². The Morgan fingerprint density at radius 3 is 3.00 bits per heavy atom. The molecule has 3 rings (SSSR count). The third kappa shape index (κ3) is 2.31. The summed E-state index contributed by atoms with van der Waals surface area (Å²) in [6.45, 7) is 1.84. The van der Waals surface area contributed by atoms with Crippen LogP contribution in [0.4, 0.5) is 5.69 Å². The van der Waals surface area contributed by atoms with Crippen molar-refractivity contribution in [3.05, 3.63) is 36.0 Å². The van der Waals surface area contributed by atoms with Crippen molar-refractivity contribution < 1.29 is 4.79 Å². The van der Waals surface area contributed by atoms with E-state index < -0.39 is 0 Å². The van der Waals surface area contributed by atoms with Crippen molar-refractivity contribution in [2.24, 2.45) is 7.05 Å². The van der Waals surface area contributed by atoms with Gasteiger partial charge in [0.1, 0.15) is 6.33 Å². The number of nitrogens with zero attached hydrogens (tertiary/aromatic N) is 4. The Morgan fingerprint density at radius 1 is 1.48 bits per heavy atom. The van der Waals surface area contributed by atoms with E-state index in [9.17, 15) is 4.79 Å². The van der Waals surface area contributed by atoms with Gasteiger partial charge in [0.25, 0.3) is 5.91 Å².